The summed E-state index contributed by atoms with van der Waals surface area (Å²) in [6.07, 6.45) is 0. The largest absolute Gasteiger partial charge is 0.336 e. The average Bonchev–Trinajstić information content (AvgIpc) is 3.03. The predicted octanol–water partition coefficient (Wildman–Crippen LogP) is 5.14. The molecule has 0 unspecified atom stereocenters. The van der Waals surface area contributed by atoms with Gasteiger partial charge in [0.25, 0.3) is 5.91 Å². The average molecular weight is 429 g/mol. The van der Waals surface area contributed by atoms with Gasteiger partial charge in [0.15, 0.2) is 0 Å². The fourth-order valence-corrected chi connectivity index (χ4v) is 4.54. The number of carbonyl (C=O) groups excluding carboxylic acids is 2. The third-order valence-electron chi connectivity index (χ3n) is 3.39. The summed E-state index contributed by atoms with van der Waals surface area (Å²) in [5.41, 5.74) is 0.416. The molecule has 2 aromatic rings. The summed E-state index contributed by atoms with van der Waals surface area (Å²) in [5, 5.41) is 5.61. The molecule has 4 nitrogen and oxygen atoms in total. The molecule has 0 atom stereocenters. The second-order valence-electron chi connectivity index (χ2n) is 6.72. The minimum atomic E-state index is -0.467. The van der Waals surface area contributed by atoms with E-state index < -0.39 is 5.41 Å². The molecule has 24 heavy (non-hydrogen) atoms. The zero-order chi connectivity index (χ0) is 18.1. The van der Waals surface area contributed by atoms with Crippen molar-refractivity contribution in [3.05, 3.63) is 37.3 Å². The minimum absolute atomic E-state index is 0.0294. The van der Waals surface area contributed by atoms with Crippen molar-refractivity contribution in [1.82, 2.24) is 4.90 Å². The third kappa shape index (κ3) is 4.68. The fourth-order valence-electron chi connectivity index (χ4n) is 1.97. The van der Waals surface area contributed by atoms with E-state index in [0.717, 1.165) is 14.9 Å². The van der Waals surface area contributed by atoms with Crippen molar-refractivity contribution in [1.29, 1.82) is 0 Å². The Kier molecular flexibility index (Phi) is 5.88. The molecule has 7 heteroatoms. The molecule has 130 valence electrons. The van der Waals surface area contributed by atoms with E-state index in [2.05, 4.69) is 21.2 Å². The van der Waals surface area contributed by atoms with Gasteiger partial charge in [-0.05, 0) is 40.5 Å². The van der Waals surface area contributed by atoms with Crippen LogP contribution in [0.15, 0.2) is 22.0 Å². The van der Waals surface area contributed by atoms with Crippen molar-refractivity contribution in [3.63, 3.8) is 0 Å². The van der Waals surface area contributed by atoms with Gasteiger partial charge < -0.3 is 10.2 Å². The Bertz CT molecular complexity index is 759. The number of aryl methyl sites for hydroxylation is 1. The highest BCUT2D eigenvalue weighted by atomic mass is 79.9. The topological polar surface area (TPSA) is 49.4 Å². The zero-order valence-electron chi connectivity index (χ0n) is 14.4. The van der Waals surface area contributed by atoms with Crippen LogP contribution in [0.4, 0.5) is 5.00 Å². The second-order valence-corrected chi connectivity index (χ2v) is 9.68. The van der Waals surface area contributed by atoms with Gasteiger partial charge in [-0.2, -0.15) is 0 Å². The fraction of sp³-hybridized carbons (Fsp3) is 0.412. The van der Waals surface area contributed by atoms with Crippen molar-refractivity contribution in [2.75, 3.05) is 12.4 Å². The molecule has 0 fully saturated rings. The van der Waals surface area contributed by atoms with E-state index in [1.165, 1.54) is 11.3 Å². The lowest BCUT2D eigenvalue weighted by molar-refractivity contribution is -0.123. The van der Waals surface area contributed by atoms with Crippen LogP contribution in [-0.4, -0.2) is 23.8 Å². The summed E-state index contributed by atoms with van der Waals surface area (Å²) >= 11 is 6.37. The number of anilines is 1. The summed E-state index contributed by atoms with van der Waals surface area (Å²) in [7, 11) is 1.79. The number of nitrogens with one attached hydrogen (secondary N) is 1. The summed E-state index contributed by atoms with van der Waals surface area (Å²) in [6.45, 7) is 8.05. The molecule has 0 aliphatic heterocycles. The predicted molar refractivity (Wildman–Crippen MR) is 105 cm³/mol. The number of amides is 2. The van der Waals surface area contributed by atoms with Crippen LogP contribution in [-0.2, 0) is 11.3 Å². The van der Waals surface area contributed by atoms with Crippen LogP contribution in [0.3, 0.4) is 0 Å². The lowest BCUT2D eigenvalue weighted by Crippen LogP contribution is -2.27. The van der Waals surface area contributed by atoms with Crippen LogP contribution in [0.2, 0.25) is 0 Å². The Morgan fingerprint density at radius 1 is 1.29 bits per heavy atom. The van der Waals surface area contributed by atoms with E-state index >= 15 is 0 Å². The molecule has 0 aliphatic carbocycles. The highest BCUT2D eigenvalue weighted by Gasteiger charge is 2.24. The van der Waals surface area contributed by atoms with Crippen LogP contribution in [0.5, 0.6) is 0 Å². The maximum Gasteiger partial charge on any atom is 0.264 e. The molecular weight excluding hydrogens is 408 g/mol. The van der Waals surface area contributed by atoms with Gasteiger partial charge in [0.1, 0.15) is 0 Å². The molecule has 0 aliphatic rings. The molecular formula is C17H21BrN2O2S2. The molecule has 0 bridgehead atoms. The van der Waals surface area contributed by atoms with Gasteiger partial charge in [0, 0.05) is 27.2 Å². The van der Waals surface area contributed by atoms with E-state index in [0.29, 0.717) is 16.4 Å². The van der Waals surface area contributed by atoms with E-state index in [1.807, 2.05) is 45.2 Å². The molecule has 2 rings (SSSR count). The highest BCUT2D eigenvalue weighted by Crippen LogP contribution is 2.30. The minimum Gasteiger partial charge on any atom is -0.336 e. The van der Waals surface area contributed by atoms with Crippen LogP contribution in [0, 0.1) is 12.3 Å². The van der Waals surface area contributed by atoms with Gasteiger partial charge in [-0.1, -0.05) is 20.8 Å². The van der Waals surface area contributed by atoms with Crippen LogP contribution < -0.4 is 5.32 Å². The maximum atomic E-state index is 12.7. The Morgan fingerprint density at radius 2 is 1.96 bits per heavy atom. The number of rotatable bonds is 4. The lowest BCUT2D eigenvalue weighted by atomic mass is 9.96. The van der Waals surface area contributed by atoms with Crippen molar-refractivity contribution in [3.8, 4) is 0 Å². The number of hydrogen-bond acceptors (Lipinski definition) is 4. The zero-order valence-corrected chi connectivity index (χ0v) is 17.6. The Morgan fingerprint density at radius 3 is 2.50 bits per heavy atom. The smallest absolute Gasteiger partial charge is 0.264 e. The number of nitrogens with zero attached hydrogens (tertiary/aromatic N) is 1. The van der Waals surface area contributed by atoms with Gasteiger partial charge >= 0.3 is 0 Å². The van der Waals surface area contributed by atoms with Crippen LogP contribution in [0.25, 0.3) is 0 Å². The first-order valence-corrected chi connectivity index (χ1v) is 9.97. The van der Waals surface area contributed by atoms with Crippen molar-refractivity contribution in [2.45, 2.75) is 34.2 Å². The van der Waals surface area contributed by atoms with E-state index in [-0.39, 0.29) is 11.8 Å². The van der Waals surface area contributed by atoms with Crippen LogP contribution >= 0.6 is 38.6 Å². The number of halogens is 1. The molecule has 0 saturated heterocycles. The van der Waals surface area contributed by atoms with Gasteiger partial charge in [0.2, 0.25) is 5.91 Å². The van der Waals surface area contributed by atoms with E-state index in [4.69, 9.17) is 0 Å². The number of thiophene rings is 2. The molecule has 2 heterocycles. The van der Waals surface area contributed by atoms with Crippen molar-refractivity contribution >= 4 is 55.4 Å². The summed E-state index contributed by atoms with van der Waals surface area (Å²) in [5.74, 6) is -0.0854. The molecule has 0 saturated carbocycles. The molecule has 1 N–H and O–H groups in total. The summed E-state index contributed by atoms with van der Waals surface area (Å²) in [6, 6.07) is 3.88. The standard InChI is InChI=1S/C17H21BrN2O2S2/c1-10-6-13(19-16(22)17(2,3)4)24-14(10)15(21)20(5)8-12-7-11(18)9-23-12/h6-7,9H,8H2,1-5H3,(H,19,22). The van der Waals surface area contributed by atoms with Gasteiger partial charge in [0.05, 0.1) is 16.4 Å². The maximum absolute atomic E-state index is 12.7. The first-order valence-electron chi connectivity index (χ1n) is 7.48. The number of hydrogen-bond donors (Lipinski definition) is 1. The van der Waals surface area contributed by atoms with Gasteiger partial charge in [-0.25, -0.2) is 0 Å². The molecule has 2 amide bonds. The molecule has 2 aromatic heterocycles. The molecule has 0 radical (unpaired) electrons. The van der Waals surface area contributed by atoms with E-state index in [9.17, 15) is 9.59 Å². The normalized spacial score (nSPS) is 11.4. The molecule has 0 spiro atoms. The van der Waals surface area contributed by atoms with Crippen molar-refractivity contribution < 1.29 is 9.59 Å². The SMILES string of the molecule is Cc1cc(NC(=O)C(C)(C)C)sc1C(=O)N(C)Cc1cc(Br)cs1. The monoisotopic (exact) mass is 428 g/mol. The summed E-state index contributed by atoms with van der Waals surface area (Å²) < 4.78 is 1.03. The van der Waals surface area contributed by atoms with Gasteiger partial charge in [-0.15, -0.1) is 22.7 Å². The van der Waals surface area contributed by atoms with Crippen molar-refractivity contribution in [2.24, 2.45) is 5.41 Å². The Labute approximate surface area is 159 Å². The van der Waals surface area contributed by atoms with Crippen LogP contribution in [0.1, 0.15) is 40.9 Å². The highest BCUT2D eigenvalue weighted by molar-refractivity contribution is 9.10. The Hall–Kier alpha value is -1.18. The third-order valence-corrected chi connectivity index (χ3v) is 6.21. The molecule has 0 aromatic carbocycles. The number of carbonyl (C=O) groups is 2. The first-order chi connectivity index (χ1) is 11.1. The summed E-state index contributed by atoms with van der Waals surface area (Å²) in [4.78, 5) is 28.3. The Balaban J connectivity index is 2.11. The lowest BCUT2D eigenvalue weighted by Gasteiger charge is -2.17. The first kappa shape index (κ1) is 19.1. The van der Waals surface area contributed by atoms with E-state index in [1.54, 1.807) is 23.3 Å². The van der Waals surface area contributed by atoms with Gasteiger partial charge in [-0.3, -0.25) is 9.59 Å². The second kappa shape index (κ2) is 7.37. The quantitative estimate of drug-likeness (QED) is 0.732.